The number of ketones is 1. The van der Waals surface area contributed by atoms with E-state index in [1.165, 1.54) is 0 Å². The Balaban J connectivity index is 2.58. The van der Waals surface area contributed by atoms with Crippen molar-refractivity contribution in [3.05, 3.63) is 0 Å². The quantitative estimate of drug-likeness (QED) is 0.625. The molecule has 0 saturated heterocycles. The number of carbonyl (C=O) groups is 1. The first-order valence-corrected chi connectivity index (χ1v) is 4.30. The largest absolute Gasteiger partial charge is 0.390 e. The third-order valence-electron chi connectivity index (χ3n) is 2.54. The van der Waals surface area contributed by atoms with Crippen LogP contribution in [0.4, 0.5) is 0 Å². The van der Waals surface area contributed by atoms with Gasteiger partial charge >= 0.3 is 0 Å². The van der Waals surface area contributed by atoms with Crippen molar-refractivity contribution in [2.24, 2.45) is 5.92 Å². The van der Waals surface area contributed by atoms with Crippen LogP contribution in [-0.2, 0) is 4.79 Å². The Labute approximate surface area is 67.6 Å². The smallest absolute Gasteiger partial charge is 0.136 e. The molecule has 0 amide bonds. The standard InChI is InChI=1S/C9H16O2/c1-3-7-6-9(2,11)5-4-8(7)10/h7,11H,3-6H2,1-2H3/t7-,9?/m0/s1. The molecule has 1 rings (SSSR count). The molecule has 0 aromatic heterocycles. The predicted octanol–water partition coefficient (Wildman–Crippen LogP) is 1.52. The van der Waals surface area contributed by atoms with Gasteiger partial charge in [0.05, 0.1) is 5.60 Å². The molecule has 1 unspecified atom stereocenters. The maximum atomic E-state index is 11.2. The molecule has 0 aliphatic heterocycles. The van der Waals surface area contributed by atoms with Crippen molar-refractivity contribution in [3.63, 3.8) is 0 Å². The van der Waals surface area contributed by atoms with Crippen molar-refractivity contribution in [2.45, 2.75) is 45.1 Å². The molecule has 0 aromatic rings. The van der Waals surface area contributed by atoms with E-state index in [9.17, 15) is 9.90 Å². The van der Waals surface area contributed by atoms with E-state index in [0.717, 1.165) is 6.42 Å². The fourth-order valence-electron chi connectivity index (χ4n) is 1.72. The Bertz CT molecular complexity index is 161. The number of aliphatic hydroxyl groups is 1. The summed E-state index contributed by atoms with van der Waals surface area (Å²) in [5.41, 5.74) is -0.589. The lowest BCUT2D eigenvalue weighted by molar-refractivity contribution is -0.130. The van der Waals surface area contributed by atoms with Crippen LogP contribution in [0.25, 0.3) is 0 Å². The van der Waals surface area contributed by atoms with Crippen LogP contribution in [-0.4, -0.2) is 16.5 Å². The Morgan fingerprint density at radius 1 is 1.73 bits per heavy atom. The maximum absolute atomic E-state index is 11.2. The summed E-state index contributed by atoms with van der Waals surface area (Å²) in [6, 6.07) is 0. The van der Waals surface area contributed by atoms with Gasteiger partial charge in [0, 0.05) is 12.3 Å². The van der Waals surface area contributed by atoms with Crippen molar-refractivity contribution in [3.8, 4) is 0 Å². The van der Waals surface area contributed by atoms with E-state index in [2.05, 4.69) is 0 Å². The molecule has 1 aliphatic rings. The van der Waals surface area contributed by atoms with Gasteiger partial charge in [-0.25, -0.2) is 0 Å². The first-order valence-electron chi connectivity index (χ1n) is 4.30. The molecule has 2 atom stereocenters. The van der Waals surface area contributed by atoms with Gasteiger partial charge in [-0.15, -0.1) is 0 Å². The molecule has 1 fully saturated rings. The van der Waals surface area contributed by atoms with Gasteiger partial charge in [0.15, 0.2) is 0 Å². The average Bonchev–Trinajstić information content (AvgIpc) is 1.94. The first-order chi connectivity index (χ1) is 5.05. The molecule has 0 heterocycles. The molecule has 1 N–H and O–H groups in total. The Hall–Kier alpha value is -0.370. The summed E-state index contributed by atoms with van der Waals surface area (Å²) in [6.45, 7) is 3.83. The molecule has 0 aromatic carbocycles. The van der Waals surface area contributed by atoms with Crippen molar-refractivity contribution < 1.29 is 9.90 Å². The summed E-state index contributed by atoms with van der Waals surface area (Å²) >= 11 is 0. The average molecular weight is 156 g/mol. The van der Waals surface area contributed by atoms with Gasteiger partial charge in [0.2, 0.25) is 0 Å². The first kappa shape index (κ1) is 8.72. The Morgan fingerprint density at radius 3 is 2.82 bits per heavy atom. The van der Waals surface area contributed by atoms with E-state index in [-0.39, 0.29) is 5.92 Å². The number of hydrogen-bond acceptors (Lipinski definition) is 2. The van der Waals surface area contributed by atoms with Crippen LogP contribution in [0, 0.1) is 5.92 Å². The monoisotopic (exact) mass is 156 g/mol. The zero-order valence-corrected chi connectivity index (χ0v) is 7.26. The van der Waals surface area contributed by atoms with Crippen molar-refractivity contribution in [1.82, 2.24) is 0 Å². The zero-order valence-electron chi connectivity index (χ0n) is 7.26. The molecular formula is C9H16O2. The minimum absolute atomic E-state index is 0.110. The zero-order chi connectivity index (χ0) is 8.48. The minimum Gasteiger partial charge on any atom is -0.390 e. The summed E-state index contributed by atoms with van der Waals surface area (Å²) in [6.07, 6.45) is 2.73. The normalized spacial score (nSPS) is 39.2. The van der Waals surface area contributed by atoms with E-state index < -0.39 is 5.60 Å². The lowest BCUT2D eigenvalue weighted by Gasteiger charge is -2.32. The second-order valence-corrected chi connectivity index (χ2v) is 3.77. The van der Waals surface area contributed by atoms with Crippen LogP contribution in [0.1, 0.15) is 39.5 Å². The SMILES string of the molecule is CC[C@H]1CC(C)(O)CCC1=O. The van der Waals surface area contributed by atoms with Gasteiger partial charge in [0.1, 0.15) is 5.78 Å². The fraction of sp³-hybridized carbons (Fsp3) is 0.889. The summed E-state index contributed by atoms with van der Waals surface area (Å²) in [5, 5.41) is 9.64. The van der Waals surface area contributed by atoms with Gasteiger partial charge in [-0.1, -0.05) is 6.92 Å². The topological polar surface area (TPSA) is 37.3 Å². The summed E-state index contributed by atoms with van der Waals surface area (Å²) in [4.78, 5) is 11.2. The van der Waals surface area contributed by atoms with E-state index in [1.807, 2.05) is 13.8 Å². The Morgan fingerprint density at radius 2 is 2.36 bits per heavy atom. The van der Waals surface area contributed by atoms with E-state index in [0.29, 0.717) is 25.0 Å². The van der Waals surface area contributed by atoms with Gasteiger partial charge < -0.3 is 5.11 Å². The van der Waals surface area contributed by atoms with Crippen LogP contribution in [0.5, 0.6) is 0 Å². The van der Waals surface area contributed by atoms with Crippen LogP contribution in [0.15, 0.2) is 0 Å². The molecule has 0 radical (unpaired) electrons. The third kappa shape index (κ3) is 2.03. The molecule has 1 saturated carbocycles. The predicted molar refractivity (Wildman–Crippen MR) is 43.3 cm³/mol. The molecule has 2 heteroatoms. The van der Waals surface area contributed by atoms with E-state index in [1.54, 1.807) is 0 Å². The van der Waals surface area contributed by atoms with Crippen LogP contribution in [0.2, 0.25) is 0 Å². The number of hydrogen-bond donors (Lipinski definition) is 1. The number of carbonyl (C=O) groups excluding carboxylic acids is 1. The van der Waals surface area contributed by atoms with Crippen LogP contribution >= 0.6 is 0 Å². The molecular weight excluding hydrogens is 140 g/mol. The molecule has 1 aliphatic carbocycles. The second-order valence-electron chi connectivity index (χ2n) is 3.77. The summed E-state index contributed by atoms with van der Waals surface area (Å²) < 4.78 is 0. The minimum atomic E-state index is -0.589. The highest BCUT2D eigenvalue weighted by Gasteiger charge is 2.33. The van der Waals surface area contributed by atoms with Gasteiger partial charge in [-0.3, -0.25) is 4.79 Å². The lowest BCUT2D eigenvalue weighted by atomic mass is 9.77. The van der Waals surface area contributed by atoms with Crippen LogP contribution in [0.3, 0.4) is 0 Å². The highest BCUT2D eigenvalue weighted by molar-refractivity contribution is 5.81. The Kier molecular flexibility index (Phi) is 2.33. The molecule has 11 heavy (non-hydrogen) atoms. The van der Waals surface area contributed by atoms with Crippen molar-refractivity contribution >= 4 is 5.78 Å². The van der Waals surface area contributed by atoms with Crippen LogP contribution < -0.4 is 0 Å². The van der Waals surface area contributed by atoms with Crippen molar-refractivity contribution in [1.29, 1.82) is 0 Å². The molecule has 0 bridgehead atoms. The van der Waals surface area contributed by atoms with Gasteiger partial charge in [-0.2, -0.15) is 0 Å². The molecule has 0 spiro atoms. The molecule has 64 valence electrons. The second kappa shape index (κ2) is 2.94. The van der Waals surface area contributed by atoms with Gasteiger partial charge in [0.25, 0.3) is 0 Å². The van der Waals surface area contributed by atoms with Gasteiger partial charge in [-0.05, 0) is 26.2 Å². The highest BCUT2D eigenvalue weighted by Crippen LogP contribution is 2.31. The van der Waals surface area contributed by atoms with Crippen molar-refractivity contribution in [2.75, 3.05) is 0 Å². The number of Topliss-reactive ketones (excluding diaryl/α,β-unsaturated/α-hetero) is 1. The maximum Gasteiger partial charge on any atom is 0.136 e. The third-order valence-corrected chi connectivity index (χ3v) is 2.54. The molecule has 2 nitrogen and oxygen atoms in total. The van der Waals surface area contributed by atoms with E-state index in [4.69, 9.17) is 0 Å². The highest BCUT2D eigenvalue weighted by atomic mass is 16.3. The fourth-order valence-corrected chi connectivity index (χ4v) is 1.72. The number of rotatable bonds is 1. The lowest BCUT2D eigenvalue weighted by Crippen LogP contribution is -2.36. The van der Waals surface area contributed by atoms with E-state index >= 15 is 0 Å². The summed E-state index contributed by atoms with van der Waals surface area (Å²) in [5.74, 6) is 0.442. The summed E-state index contributed by atoms with van der Waals surface area (Å²) in [7, 11) is 0.